The molecule has 0 saturated heterocycles. The second-order valence-electron chi connectivity index (χ2n) is 5.33. The van der Waals surface area contributed by atoms with Gasteiger partial charge in [0.1, 0.15) is 0 Å². The molecule has 4 rings (SSSR count). The van der Waals surface area contributed by atoms with Gasteiger partial charge in [0.15, 0.2) is 11.5 Å². The van der Waals surface area contributed by atoms with Crippen LogP contribution in [-0.4, -0.2) is 24.6 Å². The van der Waals surface area contributed by atoms with Crippen LogP contribution in [0, 0.1) is 6.92 Å². The fraction of sp³-hybridized carbons (Fsp3) is 0.0588. The summed E-state index contributed by atoms with van der Waals surface area (Å²) in [6.45, 7) is 2.00. The van der Waals surface area contributed by atoms with E-state index in [0.717, 1.165) is 27.9 Å². The van der Waals surface area contributed by atoms with Crippen LogP contribution in [0.5, 0.6) is 0 Å². The van der Waals surface area contributed by atoms with Gasteiger partial charge in [-0.3, -0.25) is 9.97 Å². The average Bonchev–Trinajstić information content (AvgIpc) is 2.91. The number of aromatic nitrogens is 5. The molecule has 23 heavy (non-hydrogen) atoms. The van der Waals surface area contributed by atoms with Crippen LogP contribution in [0.25, 0.3) is 28.0 Å². The van der Waals surface area contributed by atoms with Crippen LogP contribution < -0.4 is 5.73 Å². The van der Waals surface area contributed by atoms with Gasteiger partial charge in [-0.15, -0.1) is 5.10 Å². The highest BCUT2D eigenvalue weighted by molar-refractivity contribution is 5.84. The summed E-state index contributed by atoms with van der Waals surface area (Å²) < 4.78 is 1.70. The molecule has 4 aromatic heterocycles. The van der Waals surface area contributed by atoms with Crippen LogP contribution in [0.1, 0.15) is 5.56 Å². The van der Waals surface area contributed by atoms with E-state index in [1.54, 1.807) is 16.9 Å². The minimum absolute atomic E-state index is 0.417. The molecule has 0 saturated carbocycles. The number of aryl methyl sites for hydroxylation is 1. The first-order valence-corrected chi connectivity index (χ1v) is 7.19. The van der Waals surface area contributed by atoms with E-state index in [1.807, 2.05) is 49.8 Å². The number of anilines is 1. The zero-order chi connectivity index (χ0) is 15.8. The van der Waals surface area contributed by atoms with Gasteiger partial charge in [0.25, 0.3) is 0 Å². The van der Waals surface area contributed by atoms with Crippen LogP contribution in [-0.2, 0) is 0 Å². The molecule has 0 aromatic carbocycles. The van der Waals surface area contributed by atoms with Gasteiger partial charge < -0.3 is 5.73 Å². The Bertz CT molecular complexity index is 973. The van der Waals surface area contributed by atoms with Crippen molar-refractivity contribution < 1.29 is 0 Å². The normalized spacial score (nSPS) is 11.0. The van der Waals surface area contributed by atoms with Crippen molar-refractivity contribution in [2.45, 2.75) is 6.92 Å². The van der Waals surface area contributed by atoms with Crippen LogP contribution in [0.3, 0.4) is 0 Å². The Labute approximate surface area is 132 Å². The lowest BCUT2D eigenvalue weighted by molar-refractivity contribution is 0.947. The maximum atomic E-state index is 6.09. The molecule has 0 spiro atoms. The van der Waals surface area contributed by atoms with Crippen molar-refractivity contribution in [3.05, 3.63) is 60.8 Å². The Morgan fingerprint density at radius 2 is 1.78 bits per heavy atom. The molecule has 0 bridgehead atoms. The van der Waals surface area contributed by atoms with E-state index < -0.39 is 0 Å². The van der Waals surface area contributed by atoms with Crippen molar-refractivity contribution in [1.29, 1.82) is 0 Å². The van der Waals surface area contributed by atoms with Gasteiger partial charge in [-0.25, -0.2) is 9.50 Å². The molecule has 4 heterocycles. The van der Waals surface area contributed by atoms with Gasteiger partial charge in [-0.2, -0.15) is 0 Å². The molecule has 0 fully saturated rings. The smallest absolute Gasteiger partial charge is 0.166 e. The van der Waals surface area contributed by atoms with Crippen molar-refractivity contribution in [1.82, 2.24) is 24.6 Å². The molecule has 0 aliphatic heterocycles. The van der Waals surface area contributed by atoms with Gasteiger partial charge in [0.05, 0.1) is 11.3 Å². The van der Waals surface area contributed by atoms with Gasteiger partial charge in [-0.1, -0.05) is 6.07 Å². The van der Waals surface area contributed by atoms with Crippen molar-refractivity contribution in [2.75, 3.05) is 5.73 Å². The van der Waals surface area contributed by atoms with Crippen LogP contribution in [0.4, 0.5) is 5.82 Å². The fourth-order valence-electron chi connectivity index (χ4n) is 2.51. The third-order valence-electron chi connectivity index (χ3n) is 3.68. The Balaban J connectivity index is 1.88. The van der Waals surface area contributed by atoms with Gasteiger partial charge in [0.2, 0.25) is 0 Å². The Kier molecular flexibility index (Phi) is 3.01. The van der Waals surface area contributed by atoms with E-state index >= 15 is 0 Å². The molecule has 0 atom stereocenters. The van der Waals surface area contributed by atoms with Crippen molar-refractivity contribution in [2.24, 2.45) is 0 Å². The van der Waals surface area contributed by atoms with E-state index in [-0.39, 0.29) is 0 Å². The number of nitrogens with zero attached hydrogens (tertiary/aromatic N) is 5. The van der Waals surface area contributed by atoms with Crippen molar-refractivity contribution in [3.8, 4) is 22.4 Å². The third kappa shape index (κ3) is 2.30. The Morgan fingerprint density at radius 3 is 2.52 bits per heavy atom. The molecule has 0 radical (unpaired) electrons. The lowest BCUT2D eigenvalue weighted by atomic mass is 10.1. The molecular weight excluding hydrogens is 288 g/mol. The SMILES string of the molecule is Cc1ccc(-c2c(N)nn3cc(-c4ccncc4)cnc23)nc1. The predicted molar refractivity (Wildman–Crippen MR) is 88.6 cm³/mol. The topological polar surface area (TPSA) is 82.0 Å². The Morgan fingerprint density at radius 1 is 0.957 bits per heavy atom. The molecule has 4 aromatic rings. The highest BCUT2D eigenvalue weighted by Gasteiger charge is 2.15. The summed E-state index contributed by atoms with van der Waals surface area (Å²) in [6, 6.07) is 7.79. The molecular formula is C17H14N6. The van der Waals surface area contributed by atoms with Gasteiger partial charge in [0, 0.05) is 36.5 Å². The van der Waals surface area contributed by atoms with Crippen molar-refractivity contribution in [3.63, 3.8) is 0 Å². The lowest BCUT2D eigenvalue weighted by Crippen LogP contribution is -1.92. The first kappa shape index (κ1) is 13.4. The molecule has 0 aliphatic carbocycles. The van der Waals surface area contributed by atoms with Gasteiger partial charge >= 0.3 is 0 Å². The fourth-order valence-corrected chi connectivity index (χ4v) is 2.51. The summed E-state index contributed by atoms with van der Waals surface area (Å²) in [5.41, 5.74) is 11.4. The highest BCUT2D eigenvalue weighted by atomic mass is 15.3. The summed E-state index contributed by atoms with van der Waals surface area (Å²) in [5, 5.41) is 4.37. The first-order chi connectivity index (χ1) is 11.2. The summed E-state index contributed by atoms with van der Waals surface area (Å²) in [4.78, 5) is 13.0. The number of fused-ring (bicyclic) bond motifs is 1. The maximum Gasteiger partial charge on any atom is 0.166 e. The first-order valence-electron chi connectivity index (χ1n) is 7.19. The lowest BCUT2D eigenvalue weighted by Gasteiger charge is -2.02. The molecule has 0 amide bonds. The largest absolute Gasteiger partial charge is 0.382 e. The number of pyridine rings is 2. The summed E-state index contributed by atoms with van der Waals surface area (Å²) >= 11 is 0. The minimum atomic E-state index is 0.417. The highest BCUT2D eigenvalue weighted by Crippen LogP contribution is 2.29. The second-order valence-corrected chi connectivity index (χ2v) is 5.33. The zero-order valence-electron chi connectivity index (χ0n) is 12.5. The summed E-state index contributed by atoms with van der Waals surface area (Å²) in [7, 11) is 0. The molecule has 6 nitrogen and oxygen atoms in total. The van der Waals surface area contributed by atoms with E-state index in [0.29, 0.717) is 11.5 Å². The van der Waals surface area contributed by atoms with Gasteiger partial charge in [-0.05, 0) is 36.2 Å². The number of rotatable bonds is 2. The minimum Gasteiger partial charge on any atom is -0.382 e. The number of hydrogen-bond acceptors (Lipinski definition) is 5. The predicted octanol–water partition coefficient (Wildman–Crippen LogP) is 2.74. The molecule has 0 unspecified atom stereocenters. The third-order valence-corrected chi connectivity index (χ3v) is 3.68. The summed E-state index contributed by atoms with van der Waals surface area (Å²) in [6.07, 6.45) is 9.02. The maximum absolute atomic E-state index is 6.09. The average molecular weight is 302 g/mol. The number of nitrogen functional groups attached to an aromatic ring is 1. The van der Waals surface area contributed by atoms with E-state index in [9.17, 15) is 0 Å². The molecule has 0 aliphatic rings. The summed E-state index contributed by atoms with van der Waals surface area (Å²) in [5.74, 6) is 0.417. The number of nitrogens with two attached hydrogens (primary N) is 1. The van der Waals surface area contributed by atoms with Crippen LogP contribution in [0.2, 0.25) is 0 Å². The Hall–Kier alpha value is -3.28. The second kappa shape index (κ2) is 5.17. The number of hydrogen-bond donors (Lipinski definition) is 1. The molecule has 112 valence electrons. The molecule has 6 heteroatoms. The van der Waals surface area contributed by atoms with Crippen molar-refractivity contribution >= 4 is 11.5 Å². The standard InChI is InChI=1S/C17H14N6/c1-11-2-3-14(20-8-11)15-16(18)22-23-10-13(9-21-17(15)23)12-4-6-19-7-5-12/h2-10H,1H3,(H2,18,22). The van der Waals surface area contributed by atoms with Crippen LogP contribution >= 0.6 is 0 Å². The van der Waals surface area contributed by atoms with Crippen LogP contribution in [0.15, 0.2) is 55.2 Å². The monoisotopic (exact) mass is 302 g/mol. The molecule has 2 N–H and O–H groups in total. The van der Waals surface area contributed by atoms with E-state index in [4.69, 9.17) is 5.73 Å². The van der Waals surface area contributed by atoms with E-state index in [2.05, 4.69) is 20.1 Å². The quantitative estimate of drug-likeness (QED) is 0.615. The van der Waals surface area contributed by atoms with E-state index in [1.165, 1.54) is 0 Å². The zero-order valence-corrected chi connectivity index (χ0v) is 12.5.